The monoisotopic (exact) mass is 357 g/mol. The molecule has 0 aliphatic heterocycles. The van der Waals surface area contributed by atoms with Crippen LogP contribution in [0.5, 0.6) is 0 Å². The molecule has 0 amide bonds. The Labute approximate surface area is 132 Å². The Balaban J connectivity index is 2.02. The van der Waals surface area contributed by atoms with E-state index in [9.17, 15) is 0 Å². The van der Waals surface area contributed by atoms with E-state index in [0.29, 0.717) is 0 Å². The molecule has 1 atom stereocenters. The van der Waals surface area contributed by atoms with Crippen molar-refractivity contribution >= 4 is 39.1 Å². The maximum absolute atomic E-state index is 6.00. The van der Waals surface area contributed by atoms with E-state index in [4.69, 9.17) is 23.2 Å². The van der Waals surface area contributed by atoms with Gasteiger partial charge in [-0.1, -0.05) is 57.3 Å². The smallest absolute Gasteiger partial charge is 0.0417 e. The molecule has 0 spiro atoms. The number of hydrogen-bond donors (Lipinski definition) is 1. The van der Waals surface area contributed by atoms with Crippen molar-refractivity contribution < 1.29 is 0 Å². The number of benzene rings is 2. The maximum atomic E-state index is 6.00. The van der Waals surface area contributed by atoms with Crippen LogP contribution in [-0.4, -0.2) is 0 Å². The van der Waals surface area contributed by atoms with E-state index >= 15 is 0 Å². The summed E-state index contributed by atoms with van der Waals surface area (Å²) in [6.07, 6.45) is 0. The summed E-state index contributed by atoms with van der Waals surface area (Å²) in [7, 11) is 0. The van der Waals surface area contributed by atoms with Crippen molar-refractivity contribution in [2.45, 2.75) is 19.5 Å². The van der Waals surface area contributed by atoms with Crippen LogP contribution in [0.1, 0.15) is 24.1 Å². The van der Waals surface area contributed by atoms with E-state index in [1.807, 2.05) is 36.4 Å². The van der Waals surface area contributed by atoms with Gasteiger partial charge in [-0.05, 0) is 42.3 Å². The Morgan fingerprint density at radius 3 is 2.53 bits per heavy atom. The molecule has 1 N–H and O–H groups in total. The molecule has 0 aliphatic carbocycles. The van der Waals surface area contributed by atoms with Gasteiger partial charge in [-0.3, -0.25) is 0 Å². The zero-order valence-electron chi connectivity index (χ0n) is 10.5. The standard InChI is InChI=1S/C15H14BrCl2N/c1-10(11-3-2-4-13(17)7-11)19-9-12-5-6-14(18)8-15(12)16/h2-8,10,19H,9H2,1H3. The predicted octanol–water partition coefficient (Wildman–Crippen LogP) is 5.61. The lowest BCUT2D eigenvalue weighted by Gasteiger charge is -2.15. The Morgan fingerprint density at radius 1 is 1.11 bits per heavy atom. The van der Waals surface area contributed by atoms with Gasteiger partial charge >= 0.3 is 0 Å². The molecular formula is C15H14BrCl2N. The molecule has 0 aliphatic rings. The lowest BCUT2D eigenvalue weighted by Crippen LogP contribution is -2.18. The molecule has 4 heteroatoms. The van der Waals surface area contributed by atoms with Crippen LogP contribution >= 0.6 is 39.1 Å². The number of rotatable bonds is 4. The zero-order chi connectivity index (χ0) is 13.8. The van der Waals surface area contributed by atoms with Crippen LogP contribution < -0.4 is 5.32 Å². The first-order valence-corrected chi connectivity index (χ1v) is 7.54. The molecule has 19 heavy (non-hydrogen) atoms. The van der Waals surface area contributed by atoms with Crippen LogP contribution in [0.15, 0.2) is 46.9 Å². The van der Waals surface area contributed by atoms with Crippen molar-refractivity contribution in [3.05, 3.63) is 68.1 Å². The van der Waals surface area contributed by atoms with E-state index in [0.717, 1.165) is 21.1 Å². The van der Waals surface area contributed by atoms with Gasteiger partial charge in [0.25, 0.3) is 0 Å². The highest BCUT2D eigenvalue weighted by Gasteiger charge is 2.07. The molecule has 0 radical (unpaired) electrons. The third-order valence-electron chi connectivity index (χ3n) is 2.96. The van der Waals surface area contributed by atoms with Gasteiger partial charge in [-0.15, -0.1) is 0 Å². The lowest BCUT2D eigenvalue weighted by molar-refractivity contribution is 0.574. The molecule has 0 fully saturated rings. The minimum Gasteiger partial charge on any atom is -0.306 e. The second-order valence-electron chi connectivity index (χ2n) is 4.39. The molecule has 1 nitrogen and oxygen atoms in total. The average molecular weight is 359 g/mol. The number of nitrogens with one attached hydrogen (secondary N) is 1. The van der Waals surface area contributed by atoms with Crippen LogP contribution in [-0.2, 0) is 6.54 Å². The first-order chi connectivity index (χ1) is 9.06. The van der Waals surface area contributed by atoms with Gasteiger partial charge < -0.3 is 5.32 Å². The molecule has 2 aromatic carbocycles. The van der Waals surface area contributed by atoms with E-state index in [1.165, 1.54) is 11.1 Å². The topological polar surface area (TPSA) is 12.0 Å². The third-order valence-corrected chi connectivity index (χ3v) is 4.17. The molecule has 0 saturated carbocycles. The van der Waals surface area contributed by atoms with Crippen molar-refractivity contribution in [3.63, 3.8) is 0 Å². The zero-order valence-corrected chi connectivity index (χ0v) is 13.6. The first-order valence-electron chi connectivity index (χ1n) is 5.99. The Morgan fingerprint density at radius 2 is 1.84 bits per heavy atom. The van der Waals surface area contributed by atoms with Gasteiger partial charge in [0, 0.05) is 27.1 Å². The maximum Gasteiger partial charge on any atom is 0.0417 e. The fraction of sp³-hybridized carbons (Fsp3) is 0.200. The number of halogens is 3. The van der Waals surface area contributed by atoms with Crippen LogP contribution in [0.25, 0.3) is 0 Å². The summed E-state index contributed by atoms with van der Waals surface area (Å²) in [5, 5.41) is 4.97. The molecular weight excluding hydrogens is 345 g/mol. The van der Waals surface area contributed by atoms with Gasteiger partial charge in [-0.25, -0.2) is 0 Å². The minimum atomic E-state index is 0.237. The summed E-state index contributed by atoms with van der Waals surface area (Å²) >= 11 is 15.4. The first kappa shape index (κ1) is 14.9. The molecule has 0 saturated heterocycles. The van der Waals surface area contributed by atoms with E-state index < -0.39 is 0 Å². The molecule has 1 unspecified atom stereocenters. The van der Waals surface area contributed by atoms with E-state index in [2.05, 4.69) is 34.2 Å². The van der Waals surface area contributed by atoms with Crippen molar-refractivity contribution in [2.24, 2.45) is 0 Å². The SMILES string of the molecule is CC(NCc1ccc(Cl)cc1Br)c1cccc(Cl)c1. The van der Waals surface area contributed by atoms with Crippen molar-refractivity contribution in [2.75, 3.05) is 0 Å². The normalized spacial score (nSPS) is 12.4. The van der Waals surface area contributed by atoms with E-state index in [-0.39, 0.29) is 6.04 Å². The van der Waals surface area contributed by atoms with Crippen molar-refractivity contribution in [3.8, 4) is 0 Å². The highest BCUT2D eigenvalue weighted by Crippen LogP contribution is 2.23. The summed E-state index contributed by atoms with van der Waals surface area (Å²) in [4.78, 5) is 0. The Bertz CT molecular complexity index is 572. The highest BCUT2D eigenvalue weighted by atomic mass is 79.9. The summed E-state index contributed by atoms with van der Waals surface area (Å²) in [6.45, 7) is 2.89. The summed E-state index contributed by atoms with van der Waals surface area (Å²) in [6, 6.07) is 14.0. The van der Waals surface area contributed by atoms with Crippen LogP contribution in [0.4, 0.5) is 0 Å². The van der Waals surface area contributed by atoms with Crippen LogP contribution in [0, 0.1) is 0 Å². The van der Waals surface area contributed by atoms with Crippen LogP contribution in [0.3, 0.4) is 0 Å². The highest BCUT2D eigenvalue weighted by molar-refractivity contribution is 9.10. The summed E-state index contributed by atoms with van der Waals surface area (Å²) < 4.78 is 1.02. The third kappa shape index (κ3) is 4.22. The molecule has 100 valence electrons. The average Bonchev–Trinajstić information content (AvgIpc) is 2.37. The molecule has 0 heterocycles. The molecule has 2 rings (SSSR count). The predicted molar refractivity (Wildman–Crippen MR) is 85.9 cm³/mol. The minimum absolute atomic E-state index is 0.237. The fourth-order valence-electron chi connectivity index (χ4n) is 1.82. The molecule has 0 bridgehead atoms. The van der Waals surface area contributed by atoms with Gasteiger partial charge in [0.1, 0.15) is 0 Å². The van der Waals surface area contributed by atoms with Crippen molar-refractivity contribution in [1.82, 2.24) is 5.32 Å². The quantitative estimate of drug-likeness (QED) is 0.749. The van der Waals surface area contributed by atoms with E-state index in [1.54, 1.807) is 0 Å². The second kappa shape index (κ2) is 6.76. The van der Waals surface area contributed by atoms with Gasteiger partial charge in [-0.2, -0.15) is 0 Å². The van der Waals surface area contributed by atoms with Crippen molar-refractivity contribution in [1.29, 1.82) is 0 Å². The Kier molecular flexibility index (Phi) is 5.28. The fourth-order valence-corrected chi connectivity index (χ4v) is 2.84. The Hall–Kier alpha value is -0.540. The largest absolute Gasteiger partial charge is 0.306 e. The van der Waals surface area contributed by atoms with Crippen LogP contribution in [0.2, 0.25) is 10.0 Å². The van der Waals surface area contributed by atoms with Gasteiger partial charge in [0.05, 0.1) is 0 Å². The molecule has 2 aromatic rings. The lowest BCUT2D eigenvalue weighted by atomic mass is 10.1. The second-order valence-corrected chi connectivity index (χ2v) is 6.12. The summed E-state index contributed by atoms with van der Waals surface area (Å²) in [5.41, 5.74) is 2.36. The summed E-state index contributed by atoms with van der Waals surface area (Å²) in [5.74, 6) is 0. The van der Waals surface area contributed by atoms with Gasteiger partial charge in [0.2, 0.25) is 0 Å². The van der Waals surface area contributed by atoms with Gasteiger partial charge in [0.15, 0.2) is 0 Å². The molecule has 0 aromatic heterocycles. The number of hydrogen-bond acceptors (Lipinski definition) is 1.